The summed E-state index contributed by atoms with van der Waals surface area (Å²) in [5, 5.41) is 3.10. The number of anilines is 1. The van der Waals surface area contributed by atoms with Crippen LogP contribution in [0.4, 0.5) is 19.0 Å². The predicted octanol–water partition coefficient (Wildman–Crippen LogP) is 3.76. The molecule has 0 aromatic carbocycles. The summed E-state index contributed by atoms with van der Waals surface area (Å²) in [7, 11) is 1.64. The average Bonchev–Trinajstić information content (AvgIpc) is 3.20. The van der Waals surface area contributed by atoms with E-state index in [0.29, 0.717) is 18.3 Å². The quantitative estimate of drug-likeness (QED) is 0.869. The van der Waals surface area contributed by atoms with E-state index in [4.69, 9.17) is 4.74 Å². The Morgan fingerprint density at radius 1 is 1.33 bits per heavy atom. The molecule has 1 aromatic heterocycles. The van der Waals surface area contributed by atoms with Crippen LogP contribution in [0.25, 0.3) is 0 Å². The molecule has 1 N–H and O–H groups in total. The van der Waals surface area contributed by atoms with Crippen molar-refractivity contribution in [3.8, 4) is 0 Å². The van der Waals surface area contributed by atoms with Crippen LogP contribution in [0.3, 0.4) is 0 Å². The summed E-state index contributed by atoms with van der Waals surface area (Å²) >= 11 is 0. The van der Waals surface area contributed by atoms with Crippen LogP contribution in [-0.2, 0) is 10.2 Å². The van der Waals surface area contributed by atoms with Crippen molar-refractivity contribution in [1.82, 2.24) is 4.98 Å². The van der Waals surface area contributed by atoms with Gasteiger partial charge in [-0.25, -0.2) is 4.98 Å². The zero-order valence-electron chi connectivity index (χ0n) is 12.5. The number of methoxy groups -OCH3 is 1. The Kier molecular flexibility index (Phi) is 4.46. The first-order chi connectivity index (χ1) is 9.80. The van der Waals surface area contributed by atoms with Crippen LogP contribution in [0.1, 0.15) is 32.3 Å². The van der Waals surface area contributed by atoms with E-state index in [1.807, 2.05) is 13.8 Å². The van der Waals surface area contributed by atoms with Gasteiger partial charge in [-0.05, 0) is 30.4 Å². The fraction of sp³-hybridized carbons (Fsp3) is 0.667. The fourth-order valence-electron chi connectivity index (χ4n) is 2.44. The number of alkyl halides is 3. The first-order valence-corrected chi connectivity index (χ1v) is 7.10. The summed E-state index contributed by atoms with van der Waals surface area (Å²) in [6.07, 6.45) is -2.51. The molecule has 21 heavy (non-hydrogen) atoms. The Labute approximate surface area is 122 Å². The minimum absolute atomic E-state index is 0.0384. The maximum absolute atomic E-state index is 13.0. The summed E-state index contributed by atoms with van der Waals surface area (Å²) in [5.41, 5.74) is -1.40. The molecule has 0 aliphatic heterocycles. The van der Waals surface area contributed by atoms with E-state index in [9.17, 15) is 13.2 Å². The Hall–Kier alpha value is -1.30. The molecule has 2 rings (SSSR count). The number of nitrogens with zero attached hydrogens (tertiary/aromatic N) is 1. The van der Waals surface area contributed by atoms with Gasteiger partial charge in [0.15, 0.2) is 0 Å². The zero-order chi connectivity index (χ0) is 15.7. The molecule has 1 aromatic rings. The first-order valence-electron chi connectivity index (χ1n) is 7.10. The lowest BCUT2D eigenvalue weighted by molar-refractivity contribution is -0.160. The lowest BCUT2D eigenvalue weighted by Gasteiger charge is -2.21. The van der Waals surface area contributed by atoms with Crippen LogP contribution in [-0.4, -0.2) is 30.9 Å². The highest BCUT2D eigenvalue weighted by Gasteiger charge is 2.64. The van der Waals surface area contributed by atoms with Crippen molar-refractivity contribution in [2.45, 2.75) is 44.4 Å². The van der Waals surface area contributed by atoms with E-state index in [0.717, 1.165) is 0 Å². The van der Waals surface area contributed by atoms with E-state index in [2.05, 4.69) is 10.3 Å². The predicted molar refractivity (Wildman–Crippen MR) is 75.3 cm³/mol. The molecule has 0 bridgehead atoms. The molecule has 1 aliphatic rings. The van der Waals surface area contributed by atoms with Gasteiger partial charge in [0.1, 0.15) is 5.82 Å². The lowest BCUT2D eigenvalue weighted by Crippen LogP contribution is -2.29. The van der Waals surface area contributed by atoms with Crippen molar-refractivity contribution in [3.63, 3.8) is 0 Å². The third kappa shape index (κ3) is 3.31. The minimum Gasteiger partial charge on any atom is -0.379 e. The second-order valence-corrected chi connectivity index (χ2v) is 5.91. The van der Waals surface area contributed by atoms with Crippen molar-refractivity contribution in [1.29, 1.82) is 0 Å². The summed E-state index contributed by atoms with van der Waals surface area (Å²) < 4.78 is 44.4. The number of rotatable bonds is 6. The summed E-state index contributed by atoms with van der Waals surface area (Å²) in [5.74, 6) is 0.918. The number of pyridine rings is 1. The molecule has 6 heteroatoms. The van der Waals surface area contributed by atoms with E-state index in [1.54, 1.807) is 13.2 Å². The van der Waals surface area contributed by atoms with Gasteiger partial charge >= 0.3 is 6.18 Å². The molecule has 118 valence electrons. The van der Waals surface area contributed by atoms with Gasteiger partial charge in [0.05, 0.1) is 11.5 Å². The number of ether oxygens (including phenoxy) is 1. The molecule has 0 spiro atoms. The van der Waals surface area contributed by atoms with Crippen LogP contribution in [0.15, 0.2) is 18.3 Å². The highest BCUT2D eigenvalue weighted by molar-refractivity contribution is 5.40. The Morgan fingerprint density at radius 3 is 2.38 bits per heavy atom. The molecule has 0 amide bonds. The molecule has 0 radical (unpaired) electrons. The van der Waals surface area contributed by atoms with Gasteiger partial charge in [0.2, 0.25) is 0 Å². The fourth-order valence-corrected chi connectivity index (χ4v) is 2.44. The molecule has 1 heterocycles. The van der Waals surface area contributed by atoms with Gasteiger partial charge in [-0.2, -0.15) is 13.2 Å². The first kappa shape index (κ1) is 16.1. The minimum atomic E-state index is -4.19. The van der Waals surface area contributed by atoms with E-state index in [1.165, 1.54) is 12.3 Å². The summed E-state index contributed by atoms with van der Waals surface area (Å²) in [6.45, 7) is 4.67. The smallest absolute Gasteiger partial charge is 0.379 e. The summed E-state index contributed by atoms with van der Waals surface area (Å²) in [4.78, 5) is 4.10. The highest BCUT2D eigenvalue weighted by atomic mass is 19.4. The molecular weight excluding hydrogens is 281 g/mol. The Bertz CT molecular complexity index is 467. The topological polar surface area (TPSA) is 34.1 Å². The third-order valence-corrected chi connectivity index (χ3v) is 4.14. The zero-order valence-corrected chi connectivity index (χ0v) is 12.5. The highest BCUT2D eigenvalue weighted by Crippen LogP contribution is 2.58. The average molecular weight is 302 g/mol. The van der Waals surface area contributed by atoms with Gasteiger partial charge in [-0.1, -0.05) is 19.9 Å². The monoisotopic (exact) mass is 302 g/mol. The molecule has 1 atom stereocenters. The van der Waals surface area contributed by atoms with Crippen LogP contribution in [0.2, 0.25) is 0 Å². The van der Waals surface area contributed by atoms with E-state index >= 15 is 0 Å². The number of aromatic nitrogens is 1. The van der Waals surface area contributed by atoms with Gasteiger partial charge in [0, 0.05) is 19.9 Å². The van der Waals surface area contributed by atoms with Crippen molar-refractivity contribution < 1.29 is 17.9 Å². The Balaban J connectivity index is 2.00. The maximum atomic E-state index is 13.0. The van der Waals surface area contributed by atoms with E-state index < -0.39 is 11.6 Å². The normalized spacial score (nSPS) is 18.6. The van der Waals surface area contributed by atoms with Crippen LogP contribution in [0, 0.1) is 5.92 Å². The molecule has 1 saturated carbocycles. The molecular formula is C15H21F3N2O. The molecule has 1 unspecified atom stereocenters. The summed E-state index contributed by atoms with van der Waals surface area (Å²) in [6, 6.07) is 3.13. The molecule has 0 saturated heterocycles. The van der Waals surface area contributed by atoms with Crippen molar-refractivity contribution in [2.24, 2.45) is 5.92 Å². The SMILES string of the molecule is COC(CNc1ccc(C2(C(F)(F)F)CC2)cn1)C(C)C. The number of hydrogen-bond donors (Lipinski definition) is 1. The number of hydrogen-bond acceptors (Lipinski definition) is 3. The second kappa shape index (κ2) is 5.83. The van der Waals surface area contributed by atoms with Crippen molar-refractivity contribution in [3.05, 3.63) is 23.9 Å². The van der Waals surface area contributed by atoms with Gasteiger partial charge < -0.3 is 10.1 Å². The van der Waals surface area contributed by atoms with Gasteiger partial charge in [-0.15, -0.1) is 0 Å². The molecule has 1 fully saturated rings. The van der Waals surface area contributed by atoms with Crippen molar-refractivity contribution in [2.75, 3.05) is 19.0 Å². The largest absolute Gasteiger partial charge is 0.398 e. The standard InChI is InChI=1S/C15H21F3N2O/c1-10(2)12(21-3)9-20-13-5-4-11(8-19-13)14(6-7-14)15(16,17)18/h4-5,8,10,12H,6-7,9H2,1-3H3,(H,19,20). The van der Waals surface area contributed by atoms with Gasteiger partial charge in [-0.3, -0.25) is 0 Å². The number of nitrogens with one attached hydrogen (secondary N) is 1. The van der Waals surface area contributed by atoms with Crippen LogP contribution < -0.4 is 5.32 Å². The second-order valence-electron chi connectivity index (χ2n) is 5.91. The van der Waals surface area contributed by atoms with Crippen LogP contribution in [0.5, 0.6) is 0 Å². The Morgan fingerprint density at radius 2 is 2.00 bits per heavy atom. The molecule has 1 aliphatic carbocycles. The van der Waals surface area contributed by atoms with Gasteiger partial charge in [0.25, 0.3) is 0 Å². The van der Waals surface area contributed by atoms with Crippen LogP contribution >= 0.6 is 0 Å². The lowest BCUT2D eigenvalue weighted by atomic mass is 9.97. The third-order valence-electron chi connectivity index (χ3n) is 4.14. The van der Waals surface area contributed by atoms with Crippen molar-refractivity contribution >= 4 is 5.82 Å². The van der Waals surface area contributed by atoms with E-state index in [-0.39, 0.29) is 24.5 Å². The number of halogens is 3. The molecule has 3 nitrogen and oxygen atoms in total. The maximum Gasteiger partial charge on any atom is 0.398 e.